The first-order valence-electron chi connectivity index (χ1n) is 24.4. The Balaban J connectivity index is 1.13. The van der Waals surface area contributed by atoms with Gasteiger partial charge in [0.25, 0.3) is 0 Å². The number of furan rings is 1. The van der Waals surface area contributed by atoms with Gasteiger partial charge in [-0.3, -0.25) is 0 Å². The second-order valence-electron chi connectivity index (χ2n) is 19.3. The third-order valence-corrected chi connectivity index (χ3v) is 15.4. The zero-order valence-corrected chi connectivity index (χ0v) is 39.9. The third kappa shape index (κ3) is 6.12. The number of anilines is 3. The van der Waals surface area contributed by atoms with Gasteiger partial charge in [-0.05, 0) is 140 Å². The summed E-state index contributed by atoms with van der Waals surface area (Å²) in [7, 11) is 0. The summed E-state index contributed by atoms with van der Waals surface area (Å²) in [6, 6.07) is 72.4. The number of benzene rings is 10. The number of halogens is 2. The van der Waals surface area contributed by atoms with E-state index in [1.807, 2.05) is 68.5 Å². The molecule has 2 nitrogen and oxygen atoms in total. The number of para-hydroxylation sites is 2. The lowest BCUT2D eigenvalue weighted by molar-refractivity contribution is 0.583. The number of rotatable bonds is 9. The van der Waals surface area contributed by atoms with Gasteiger partial charge < -0.3 is 9.32 Å². The van der Waals surface area contributed by atoms with E-state index in [0.717, 1.165) is 117 Å². The fourth-order valence-corrected chi connectivity index (χ4v) is 12.2. The van der Waals surface area contributed by atoms with Crippen molar-refractivity contribution in [1.29, 1.82) is 0 Å². The van der Waals surface area contributed by atoms with Crippen molar-refractivity contribution in [2.24, 2.45) is 0 Å². The van der Waals surface area contributed by atoms with Gasteiger partial charge in [-0.2, -0.15) is 0 Å². The van der Waals surface area contributed by atoms with Crippen LogP contribution in [0.2, 0.25) is 0 Å². The Morgan fingerprint density at radius 1 is 0.417 bits per heavy atom. The Morgan fingerprint density at radius 3 is 1.38 bits per heavy atom. The Morgan fingerprint density at radius 2 is 0.875 bits per heavy atom. The molecule has 13 rings (SSSR count). The first-order valence-corrected chi connectivity index (χ1v) is 24.4. The molecule has 0 N–H and O–H groups in total. The van der Waals surface area contributed by atoms with Crippen LogP contribution in [0.5, 0.6) is 0 Å². The zero-order chi connectivity index (χ0) is 48.9. The fourth-order valence-electron chi connectivity index (χ4n) is 12.2. The maximum absolute atomic E-state index is 17.2. The fraction of sp³-hybridized carbons (Fsp3) is 0.0588. The van der Waals surface area contributed by atoms with Crippen LogP contribution < -0.4 is 4.90 Å². The molecule has 0 fully saturated rings. The molecule has 4 heteroatoms. The van der Waals surface area contributed by atoms with Crippen molar-refractivity contribution in [3.05, 3.63) is 304 Å². The Bertz CT molecular complexity index is 3820. The van der Waals surface area contributed by atoms with E-state index in [0.29, 0.717) is 11.1 Å². The van der Waals surface area contributed by atoms with Crippen LogP contribution >= 0.6 is 0 Å². The number of hydrogen-bond acceptors (Lipinski definition) is 2. The minimum atomic E-state index is -1.05. The lowest BCUT2D eigenvalue weighted by Gasteiger charge is -2.36. The van der Waals surface area contributed by atoms with E-state index in [-0.39, 0.29) is 11.6 Å². The zero-order valence-electron chi connectivity index (χ0n) is 39.9. The highest BCUT2D eigenvalue weighted by atomic mass is 19.1. The molecule has 1 heterocycles. The lowest BCUT2D eigenvalue weighted by Crippen LogP contribution is -2.30. The predicted molar refractivity (Wildman–Crippen MR) is 293 cm³/mol. The van der Waals surface area contributed by atoms with Gasteiger partial charge in [0.15, 0.2) is 5.58 Å². The Hall–Kier alpha value is -8.86. The number of hydrogen-bond donors (Lipinski definition) is 0. The summed E-state index contributed by atoms with van der Waals surface area (Å²) in [4.78, 5) is 2.27. The largest absolute Gasteiger partial charge is 0.454 e. The Kier molecular flexibility index (Phi) is 9.81. The van der Waals surface area contributed by atoms with E-state index >= 15 is 8.78 Å². The molecule has 0 bridgehead atoms. The average Bonchev–Trinajstić information content (AvgIpc) is 4.04. The summed E-state index contributed by atoms with van der Waals surface area (Å²) in [5.74, 6) is -0.558. The highest BCUT2D eigenvalue weighted by Crippen LogP contribution is 2.60. The van der Waals surface area contributed by atoms with Gasteiger partial charge >= 0.3 is 0 Å². The summed E-state index contributed by atoms with van der Waals surface area (Å²) in [6.45, 7) is 12.0. The highest BCUT2D eigenvalue weighted by Gasteiger charge is 2.50. The minimum Gasteiger partial charge on any atom is -0.454 e. The van der Waals surface area contributed by atoms with Crippen LogP contribution in [0.4, 0.5) is 25.8 Å². The lowest BCUT2D eigenvalue weighted by atomic mass is 9.67. The van der Waals surface area contributed by atoms with Gasteiger partial charge in [0, 0.05) is 33.3 Å². The number of aryl methyl sites for hydroxylation is 2. The van der Waals surface area contributed by atoms with Crippen molar-refractivity contribution in [2.75, 3.05) is 4.90 Å². The van der Waals surface area contributed by atoms with Gasteiger partial charge in [0.2, 0.25) is 0 Å². The predicted octanol–water partition coefficient (Wildman–Crippen LogP) is 18.0. The summed E-state index contributed by atoms with van der Waals surface area (Å²) < 4.78 is 41.4. The summed E-state index contributed by atoms with van der Waals surface area (Å²) in [6.07, 6.45) is 3.67. The molecule has 72 heavy (non-hydrogen) atoms. The first-order chi connectivity index (χ1) is 35.2. The SMILES string of the molecule is C=Cc1ccc(C2(c3ccc(C)cc3F)c3ccccc3-c3ccc(N(c4ccc5c(c4)C(c4ccc(C=C)cc4)(c4ccc(C)cc4F)c4ccccc4-5)c4cccc5c4oc4ccccc45)cc32)cc1. The monoisotopic (exact) mass is 931 g/mol. The van der Waals surface area contributed by atoms with Crippen LogP contribution in [-0.4, -0.2) is 0 Å². The maximum Gasteiger partial charge on any atom is 0.159 e. The molecule has 0 aliphatic heterocycles. The van der Waals surface area contributed by atoms with Gasteiger partial charge in [0.05, 0.1) is 16.5 Å². The van der Waals surface area contributed by atoms with Crippen molar-refractivity contribution in [3.63, 3.8) is 0 Å². The molecule has 0 radical (unpaired) electrons. The summed E-state index contributed by atoms with van der Waals surface area (Å²) in [5.41, 5.74) is 16.6. The molecule has 2 aliphatic rings. The normalized spacial score (nSPS) is 16.3. The molecule has 0 spiro atoms. The quantitative estimate of drug-likeness (QED) is 0.143. The molecule has 2 atom stereocenters. The standard InChI is InChI=1S/C68H47F2NO/c1-5-44-24-28-46(29-25-44)67(58-36-22-42(3)38-62(58)69)56-18-10-7-14-50(56)52-34-32-48(40-60(52)67)71(64-20-13-17-55-54-16-9-12-21-65(54)72-66(55)64)49-33-35-53-51-15-8-11-19-57(51)68(61(53)41-49,47-30-26-45(6-2)27-31-47)59-37-23-43(4)39-63(59)70/h5-41H,1-2H2,3-4H3. The van der Waals surface area contributed by atoms with Crippen LogP contribution in [0.25, 0.3) is 56.3 Å². The number of fused-ring (bicyclic) bond motifs is 9. The molecule has 2 unspecified atom stereocenters. The van der Waals surface area contributed by atoms with Crippen LogP contribution in [0, 0.1) is 25.5 Å². The van der Waals surface area contributed by atoms with Crippen molar-refractivity contribution >= 4 is 51.2 Å². The van der Waals surface area contributed by atoms with Crippen LogP contribution in [0.1, 0.15) is 66.8 Å². The van der Waals surface area contributed by atoms with Crippen molar-refractivity contribution in [3.8, 4) is 22.3 Å². The summed E-state index contributed by atoms with van der Waals surface area (Å²) >= 11 is 0. The van der Waals surface area contributed by atoms with Crippen LogP contribution in [0.3, 0.4) is 0 Å². The molecule has 1 aromatic heterocycles. The van der Waals surface area contributed by atoms with Gasteiger partial charge in [-0.1, -0.05) is 189 Å². The van der Waals surface area contributed by atoms with Gasteiger partial charge in [-0.25, -0.2) is 8.78 Å². The highest BCUT2D eigenvalue weighted by molar-refractivity contribution is 6.10. The third-order valence-electron chi connectivity index (χ3n) is 15.4. The molecule has 0 saturated carbocycles. The van der Waals surface area contributed by atoms with Gasteiger partial charge in [0.1, 0.15) is 17.2 Å². The molecule has 10 aromatic carbocycles. The van der Waals surface area contributed by atoms with Crippen molar-refractivity contribution in [1.82, 2.24) is 0 Å². The van der Waals surface area contributed by atoms with E-state index in [4.69, 9.17) is 4.42 Å². The van der Waals surface area contributed by atoms with Gasteiger partial charge in [-0.15, -0.1) is 0 Å². The molecule has 0 amide bonds. The van der Waals surface area contributed by atoms with E-state index in [2.05, 4.69) is 176 Å². The Labute approximate surface area is 418 Å². The van der Waals surface area contributed by atoms with Crippen LogP contribution in [-0.2, 0) is 10.8 Å². The van der Waals surface area contributed by atoms with E-state index in [1.165, 1.54) is 0 Å². The topological polar surface area (TPSA) is 16.4 Å². The second kappa shape index (κ2) is 16.4. The van der Waals surface area contributed by atoms with Crippen molar-refractivity contribution < 1.29 is 13.2 Å². The molecule has 344 valence electrons. The van der Waals surface area contributed by atoms with E-state index in [1.54, 1.807) is 12.1 Å². The van der Waals surface area contributed by atoms with E-state index in [9.17, 15) is 0 Å². The average molecular weight is 932 g/mol. The first kappa shape index (κ1) is 43.2. The molecular formula is C68H47F2NO. The molecule has 2 aliphatic carbocycles. The minimum absolute atomic E-state index is 0.279. The second-order valence-corrected chi connectivity index (χ2v) is 19.3. The van der Waals surface area contributed by atoms with Crippen molar-refractivity contribution in [2.45, 2.75) is 24.7 Å². The molecule has 0 saturated heterocycles. The van der Waals surface area contributed by atoms with E-state index < -0.39 is 10.8 Å². The smallest absolute Gasteiger partial charge is 0.159 e. The summed E-state index contributed by atoms with van der Waals surface area (Å²) in [5, 5.41) is 1.99. The maximum atomic E-state index is 17.2. The molecular weight excluding hydrogens is 885 g/mol. The molecule has 11 aromatic rings. The van der Waals surface area contributed by atoms with Crippen LogP contribution in [0.15, 0.2) is 230 Å². The number of nitrogens with zero attached hydrogens (tertiary/aromatic N) is 1.